The lowest BCUT2D eigenvalue weighted by molar-refractivity contribution is -0.116. The van der Waals surface area contributed by atoms with Crippen molar-refractivity contribution in [1.29, 1.82) is 0 Å². The Kier molecular flexibility index (Phi) is 5.34. The Morgan fingerprint density at radius 3 is 2.83 bits per heavy atom. The third kappa shape index (κ3) is 4.02. The second-order valence-electron chi connectivity index (χ2n) is 7.20. The highest BCUT2D eigenvalue weighted by Crippen LogP contribution is 2.29. The van der Waals surface area contributed by atoms with Crippen LogP contribution >= 0.6 is 0 Å². The molecule has 2 aromatic carbocycles. The fraction of sp³-hybridized carbons (Fsp3) is 0.273. The van der Waals surface area contributed by atoms with Crippen LogP contribution in [0.3, 0.4) is 0 Å². The molecule has 7 heteroatoms. The molecule has 1 aliphatic heterocycles. The second-order valence-corrected chi connectivity index (χ2v) is 8.97. The molecule has 4 rings (SSSR count). The first-order valence-electron chi connectivity index (χ1n) is 9.69. The summed E-state index contributed by atoms with van der Waals surface area (Å²) >= 11 is 0. The van der Waals surface area contributed by atoms with E-state index in [2.05, 4.69) is 9.71 Å². The molecule has 1 aromatic heterocycles. The number of sulfonamides is 1. The van der Waals surface area contributed by atoms with E-state index in [0.717, 1.165) is 40.6 Å². The van der Waals surface area contributed by atoms with Gasteiger partial charge in [0.2, 0.25) is 15.9 Å². The van der Waals surface area contributed by atoms with Crippen molar-refractivity contribution in [3.8, 4) is 0 Å². The van der Waals surface area contributed by atoms with Crippen molar-refractivity contribution in [2.45, 2.75) is 31.1 Å². The number of aryl methyl sites for hydroxylation is 1. The van der Waals surface area contributed by atoms with E-state index in [0.29, 0.717) is 13.0 Å². The van der Waals surface area contributed by atoms with Crippen LogP contribution in [-0.2, 0) is 27.7 Å². The van der Waals surface area contributed by atoms with Crippen LogP contribution in [0.15, 0.2) is 59.6 Å². The number of anilines is 1. The molecule has 0 saturated carbocycles. The smallest absolute Gasteiger partial charge is 0.240 e. The van der Waals surface area contributed by atoms with Gasteiger partial charge in [-0.25, -0.2) is 13.1 Å². The van der Waals surface area contributed by atoms with Gasteiger partial charge in [-0.2, -0.15) is 0 Å². The van der Waals surface area contributed by atoms with Gasteiger partial charge >= 0.3 is 0 Å². The molecule has 0 bridgehead atoms. The van der Waals surface area contributed by atoms with Crippen LogP contribution in [-0.4, -0.2) is 32.4 Å². The molecule has 0 saturated heterocycles. The Bertz CT molecular complexity index is 1170. The van der Waals surface area contributed by atoms with Crippen molar-refractivity contribution >= 4 is 32.5 Å². The quantitative estimate of drug-likeness (QED) is 0.702. The first-order chi connectivity index (χ1) is 14.0. The molecule has 1 N–H and O–H groups in total. The molecule has 0 atom stereocenters. The SMILES string of the molecule is CC(=O)N1CCCc2cc(S(=O)(=O)NCCc3cccc4cccnc34)ccc21. The number of carbonyl (C=O) groups is 1. The van der Waals surface area contributed by atoms with Gasteiger partial charge in [-0.3, -0.25) is 9.78 Å². The standard InChI is InChI=1S/C22H23N3O3S/c1-16(26)25-14-4-8-19-15-20(9-10-21(19)25)29(27,28)24-13-11-18-6-2-5-17-7-3-12-23-22(17)18/h2-3,5-7,9-10,12,15,24H,4,8,11,13-14H2,1H3. The largest absolute Gasteiger partial charge is 0.312 e. The lowest BCUT2D eigenvalue weighted by Gasteiger charge is -2.28. The van der Waals surface area contributed by atoms with E-state index < -0.39 is 10.0 Å². The average molecular weight is 410 g/mol. The molecule has 2 heterocycles. The topological polar surface area (TPSA) is 79.4 Å². The number of benzene rings is 2. The van der Waals surface area contributed by atoms with Gasteiger partial charge in [-0.15, -0.1) is 0 Å². The summed E-state index contributed by atoms with van der Waals surface area (Å²) in [5, 5.41) is 1.04. The summed E-state index contributed by atoms with van der Waals surface area (Å²) in [5.74, 6) is -0.0246. The van der Waals surface area contributed by atoms with E-state index in [1.165, 1.54) is 6.92 Å². The Morgan fingerprint density at radius 1 is 1.17 bits per heavy atom. The zero-order chi connectivity index (χ0) is 20.4. The third-order valence-electron chi connectivity index (χ3n) is 5.26. The van der Waals surface area contributed by atoms with Crippen molar-refractivity contribution in [3.05, 3.63) is 65.9 Å². The lowest BCUT2D eigenvalue weighted by atomic mass is 10.0. The molecule has 3 aromatic rings. The predicted molar refractivity (Wildman–Crippen MR) is 113 cm³/mol. The van der Waals surface area contributed by atoms with Crippen molar-refractivity contribution in [2.75, 3.05) is 18.0 Å². The highest BCUT2D eigenvalue weighted by molar-refractivity contribution is 7.89. The first kappa shape index (κ1) is 19.5. The van der Waals surface area contributed by atoms with Crippen LogP contribution in [0.1, 0.15) is 24.5 Å². The minimum Gasteiger partial charge on any atom is -0.312 e. The number of carbonyl (C=O) groups excluding carboxylic acids is 1. The second kappa shape index (κ2) is 7.93. The first-order valence-corrected chi connectivity index (χ1v) is 11.2. The molecule has 6 nitrogen and oxygen atoms in total. The summed E-state index contributed by atoms with van der Waals surface area (Å²) in [6.45, 7) is 2.49. The van der Waals surface area contributed by atoms with E-state index >= 15 is 0 Å². The molecule has 0 fully saturated rings. The number of para-hydroxylation sites is 1. The number of nitrogens with one attached hydrogen (secondary N) is 1. The number of nitrogens with zero attached hydrogens (tertiary/aromatic N) is 2. The highest BCUT2D eigenvalue weighted by Gasteiger charge is 2.23. The van der Waals surface area contributed by atoms with Crippen LogP contribution in [0.4, 0.5) is 5.69 Å². The van der Waals surface area contributed by atoms with E-state index in [1.54, 1.807) is 29.3 Å². The van der Waals surface area contributed by atoms with Gasteiger partial charge in [0.15, 0.2) is 0 Å². The number of pyridine rings is 1. The van der Waals surface area contributed by atoms with Gasteiger partial charge in [0.1, 0.15) is 0 Å². The van der Waals surface area contributed by atoms with Crippen molar-refractivity contribution < 1.29 is 13.2 Å². The molecule has 1 amide bonds. The maximum absolute atomic E-state index is 12.8. The zero-order valence-corrected chi connectivity index (χ0v) is 17.1. The van der Waals surface area contributed by atoms with E-state index in [-0.39, 0.29) is 17.3 Å². The zero-order valence-electron chi connectivity index (χ0n) is 16.3. The maximum atomic E-state index is 12.8. The van der Waals surface area contributed by atoms with Crippen molar-refractivity contribution in [2.24, 2.45) is 0 Å². The number of aromatic nitrogens is 1. The summed E-state index contributed by atoms with van der Waals surface area (Å²) in [5.41, 5.74) is 3.61. The molecule has 0 unspecified atom stereocenters. The van der Waals surface area contributed by atoms with Gasteiger partial charge in [-0.1, -0.05) is 24.3 Å². The predicted octanol–water partition coefficient (Wildman–Crippen LogP) is 3.05. The molecule has 0 aliphatic carbocycles. The van der Waals surface area contributed by atoms with Crippen molar-refractivity contribution in [1.82, 2.24) is 9.71 Å². The molecule has 29 heavy (non-hydrogen) atoms. The molecular formula is C22H23N3O3S. The van der Waals surface area contributed by atoms with Gasteiger partial charge in [-0.05, 0) is 54.7 Å². The molecule has 150 valence electrons. The minimum absolute atomic E-state index is 0.0246. The normalized spacial score (nSPS) is 14.0. The summed E-state index contributed by atoms with van der Waals surface area (Å²) in [6.07, 6.45) is 3.89. The van der Waals surface area contributed by atoms with Crippen LogP contribution in [0.25, 0.3) is 10.9 Å². The van der Waals surface area contributed by atoms with Crippen LogP contribution in [0.5, 0.6) is 0 Å². The maximum Gasteiger partial charge on any atom is 0.240 e. The lowest BCUT2D eigenvalue weighted by Crippen LogP contribution is -2.33. The summed E-state index contributed by atoms with van der Waals surface area (Å²) in [6, 6.07) is 14.8. The monoisotopic (exact) mass is 409 g/mol. The number of rotatable bonds is 5. The average Bonchev–Trinajstić information content (AvgIpc) is 2.73. The number of hydrogen-bond donors (Lipinski definition) is 1. The van der Waals surface area contributed by atoms with Gasteiger partial charge in [0.05, 0.1) is 10.4 Å². The van der Waals surface area contributed by atoms with E-state index in [9.17, 15) is 13.2 Å². The Balaban J connectivity index is 1.50. The molecule has 0 radical (unpaired) electrons. The third-order valence-corrected chi connectivity index (χ3v) is 6.72. The summed E-state index contributed by atoms with van der Waals surface area (Å²) in [4.78, 5) is 18.2. The van der Waals surface area contributed by atoms with Gasteiger partial charge in [0.25, 0.3) is 0 Å². The minimum atomic E-state index is -3.63. The van der Waals surface area contributed by atoms with E-state index in [4.69, 9.17) is 0 Å². The number of hydrogen-bond acceptors (Lipinski definition) is 4. The van der Waals surface area contributed by atoms with Crippen LogP contribution in [0, 0.1) is 0 Å². The molecule has 0 spiro atoms. The fourth-order valence-electron chi connectivity index (χ4n) is 3.84. The van der Waals surface area contributed by atoms with Crippen molar-refractivity contribution in [3.63, 3.8) is 0 Å². The highest BCUT2D eigenvalue weighted by atomic mass is 32.2. The van der Waals surface area contributed by atoms with Gasteiger partial charge < -0.3 is 4.90 Å². The van der Waals surface area contributed by atoms with E-state index in [1.807, 2.05) is 30.3 Å². The Morgan fingerprint density at radius 2 is 2.00 bits per heavy atom. The molecular weight excluding hydrogens is 386 g/mol. The number of amides is 1. The Hall–Kier alpha value is -2.77. The number of fused-ring (bicyclic) bond motifs is 2. The molecule has 1 aliphatic rings. The van der Waals surface area contributed by atoms with Gasteiger partial charge in [0, 0.05) is 37.3 Å². The summed E-state index contributed by atoms with van der Waals surface area (Å²) < 4.78 is 28.3. The summed E-state index contributed by atoms with van der Waals surface area (Å²) in [7, 11) is -3.63. The van der Waals surface area contributed by atoms with Crippen LogP contribution < -0.4 is 9.62 Å². The van der Waals surface area contributed by atoms with Crippen LogP contribution in [0.2, 0.25) is 0 Å². The Labute approximate surface area is 170 Å². The fourth-order valence-corrected chi connectivity index (χ4v) is 4.92.